The topological polar surface area (TPSA) is 99.7 Å². The van der Waals surface area contributed by atoms with Crippen molar-refractivity contribution in [2.75, 3.05) is 18.4 Å². The summed E-state index contributed by atoms with van der Waals surface area (Å²) in [4.78, 5) is 30.8. The largest absolute Gasteiger partial charge is 0.336 e. The van der Waals surface area contributed by atoms with Gasteiger partial charge in [0.2, 0.25) is 5.91 Å². The van der Waals surface area contributed by atoms with Crippen molar-refractivity contribution < 1.29 is 22.4 Å². The molecule has 3 amide bonds. The fraction of sp³-hybridized carbons (Fsp3) is 0.250. The molecule has 0 spiro atoms. The van der Waals surface area contributed by atoms with Crippen LogP contribution in [0.25, 0.3) is 5.57 Å². The SMILES string of the molecule is O=C(CN1C(=O)Nc2ccc(F)cc2S1(=O)=O)N1C[C@H]2C[C@@H]1C=C2c1ccccn1. The number of aromatic nitrogens is 1. The Morgan fingerprint density at radius 3 is 2.80 bits per heavy atom. The molecule has 2 atom stereocenters. The lowest BCUT2D eigenvalue weighted by Gasteiger charge is -2.31. The average Bonchev–Trinajstić information content (AvgIpc) is 3.34. The van der Waals surface area contributed by atoms with Gasteiger partial charge in [0.1, 0.15) is 17.3 Å². The fourth-order valence-electron chi connectivity index (χ4n) is 4.30. The standard InChI is InChI=1S/C20H17FN4O4S/c21-13-4-5-17-18(8-13)30(28,29)25(20(27)23-17)11-19(26)24-10-12-7-14(24)9-15(12)16-3-1-2-6-22-16/h1-6,8-9,12,14H,7,10-11H2,(H,23,27)/t12-,14-/m1/s1. The summed E-state index contributed by atoms with van der Waals surface area (Å²) < 4.78 is 39.7. The van der Waals surface area contributed by atoms with Crippen molar-refractivity contribution in [2.45, 2.75) is 17.4 Å². The number of sulfonamides is 1. The van der Waals surface area contributed by atoms with Gasteiger partial charge in [-0.25, -0.2) is 21.9 Å². The van der Waals surface area contributed by atoms with Gasteiger partial charge in [-0.2, -0.15) is 0 Å². The molecule has 0 radical (unpaired) electrons. The summed E-state index contributed by atoms with van der Waals surface area (Å²) in [6, 6.07) is 7.63. The van der Waals surface area contributed by atoms with Gasteiger partial charge in [0.25, 0.3) is 10.0 Å². The Hall–Kier alpha value is -3.27. The number of fused-ring (bicyclic) bond motifs is 3. The first-order valence-corrected chi connectivity index (χ1v) is 10.8. The van der Waals surface area contributed by atoms with Gasteiger partial charge in [-0.3, -0.25) is 9.78 Å². The third-order valence-electron chi connectivity index (χ3n) is 5.69. The number of nitrogens with one attached hydrogen (secondary N) is 1. The lowest BCUT2D eigenvalue weighted by atomic mass is 9.99. The van der Waals surface area contributed by atoms with E-state index in [1.54, 1.807) is 11.1 Å². The fourth-order valence-corrected chi connectivity index (χ4v) is 5.74. The van der Waals surface area contributed by atoms with Crippen LogP contribution in [0.2, 0.25) is 0 Å². The van der Waals surface area contributed by atoms with Crippen LogP contribution in [0, 0.1) is 11.7 Å². The maximum absolute atomic E-state index is 13.6. The lowest BCUT2D eigenvalue weighted by molar-refractivity contribution is -0.131. The lowest BCUT2D eigenvalue weighted by Crippen LogP contribution is -2.50. The Morgan fingerprint density at radius 2 is 2.10 bits per heavy atom. The molecule has 8 nitrogen and oxygen atoms in total. The number of likely N-dealkylation sites (tertiary alicyclic amines) is 1. The molecule has 1 fully saturated rings. The van der Waals surface area contributed by atoms with E-state index in [0.29, 0.717) is 10.8 Å². The summed E-state index contributed by atoms with van der Waals surface area (Å²) in [5.74, 6) is -1.10. The molecule has 1 saturated heterocycles. The highest BCUT2D eigenvalue weighted by Gasteiger charge is 2.44. The van der Waals surface area contributed by atoms with Crippen LogP contribution >= 0.6 is 0 Å². The summed E-state index contributed by atoms with van der Waals surface area (Å²) in [5, 5.41) is 2.40. The number of amides is 3. The van der Waals surface area contributed by atoms with E-state index in [0.717, 1.165) is 29.8 Å². The van der Waals surface area contributed by atoms with Crippen molar-refractivity contribution in [2.24, 2.45) is 5.92 Å². The molecule has 0 saturated carbocycles. The number of nitrogens with zero attached hydrogens (tertiary/aromatic N) is 3. The summed E-state index contributed by atoms with van der Waals surface area (Å²) in [5.41, 5.74) is 1.94. The molecule has 3 aliphatic rings. The predicted octanol–water partition coefficient (Wildman–Crippen LogP) is 2.07. The molecule has 154 valence electrons. The second-order valence-electron chi connectivity index (χ2n) is 7.47. The molecular weight excluding hydrogens is 411 g/mol. The van der Waals surface area contributed by atoms with E-state index in [2.05, 4.69) is 10.3 Å². The van der Waals surface area contributed by atoms with Crippen molar-refractivity contribution in [3.05, 3.63) is 60.2 Å². The predicted molar refractivity (Wildman–Crippen MR) is 105 cm³/mol. The molecule has 0 unspecified atom stereocenters. The van der Waals surface area contributed by atoms with Crippen LogP contribution in [0.5, 0.6) is 0 Å². The highest BCUT2D eigenvalue weighted by molar-refractivity contribution is 7.90. The first-order chi connectivity index (χ1) is 14.3. The van der Waals surface area contributed by atoms with Crippen molar-refractivity contribution in [3.63, 3.8) is 0 Å². The van der Waals surface area contributed by atoms with Gasteiger partial charge in [0.05, 0.1) is 17.4 Å². The van der Waals surface area contributed by atoms with Gasteiger partial charge in [0, 0.05) is 18.7 Å². The Morgan fingerprint density at radius 1 is 1.27 bits per heavy atom. The number of halogens is 1. The number of rotatable bonds is 3. The van der Waals surface area contributed by atoms with Gasteiger partial charge in [-0.15, -0.1) is 0 Å². The normalized spacial score (nSPS) is 23.8. The quantitative estimate of drug-likeness (QED) is 0.807. The van der Waals surface area contributed by atoms with Gasteiger partial charge in [0.15, 0.2) is 0 Å². The zero-order valence-corrected chi connectivity index (χ0v) is 16.5. The molecule has 1 aliphatic carbocycles. The molecule has 1 aromatic heterocycles. The van der Waals surface area contributed by atoms with Crippen LogP contribution in [0.15, 0.2) is 53.6 Å². The first kappa shape index (κ1) is 18.7. The number of anilines is 1. The van der Waals surface area contributed by atoms with Crippen molar-refractivity contribution >= 4 is 33.2 Å². The van der Waals surface area contributed by atoms with Crippen molar-refractivity contribution in [1.82, 2.24) is 14.2 Å². The van der Waals surface area contributed by atoms with E-state index >= 15 is 0 Å². The van der Waals surface area contributed by atoms with E-state index in [4.69, 9.17) is 0 Å². The molecule has 1 aromatic carbocycles. The number of hydrogen-bond donors (Lipinski definition) is 1. The smallest absolute Gasteiger partial charge is 0.334 e. The Balaban J connectivity index is 1.37. The van der Waals surface area contributed by atoms with Crippen molar-refractivity contribution in [1.29, 1.82) is 0 Å². The van der Waals surface area contributed by atoms with E-state index in [1.165, 1.54) is 6.07 Å². The first-order valence-electron chi connectivity index (χ1n) is 9.40. The second-order valence-corrected chi connectivity index (χ2v) is 9.30. The third-order valence-corrected chi connectivity index (χ3v) is 7.46. The Labute approximate surface area is 172 Å². The minimum Gasteiger partial charge on any atom is -0.334 e. The van der Waals surface area contributed by atoms with E-state index in [1.807, 2.05) is 24.3 Å². The van der Waals surface area contributed by atoms with Crippen LogP contribution in [0.4, 0.5) is 14.9 Å². The van der Waals surface area contributed by atoms with Crippen LogP contribution < -0.4 is 5.32 Å². The zero-order valence-electron chi connectivity index (χ0n) is 15.7. The maximum Gasteiger partial charge on any atom is 0.336 e. The zero-order chi connectivity index (χ0) is 21.0. The van der Waals surface area contributed by atoms with E-state index in [-0.39, 0.29) is 22.5 Å². The highest BCUT2D eigenvalue weighted by Crippen LogP contribution is 2.42. The van der Waals surface area contributed by atoms with Crippen LogP contribution in [0.3, 0.4) is 0 Å². The number of hydrogen-bond acceptors (Lipinski definition) is 5. The highest BCUT2D eigenvalue weighted by atomic mass is 32.2. The van der Waals surface area contributed by atoms with Gasteiger partial charge < -0.3 is 10.2 Å². The maximum atomic E-state index is 13.6. The number of benzene rings is 1. The summed E-state index contributed by atoms with van der Waals surface area (Å²) in [6.07, 6.45) is 4.43. The second kappa shape index (κ2) is 6.63. The monoisotopic (exact) mass is 428 g/mol. The van der Waals surface area contributed by atoms with E-state index in [9.17, 15) is 22.4 Å². The molecule has 2 bridgehead atoms. The minimum atomic E-state index is -4.34. The Bertz CT molecular complexity index is 1200. The van der Waals surface area contributed by atoms with Crippen LogP contribution in [-0.2, 0) is 14.8 Å². The number of carbonyl (C=O) groups excluding carboxylic acids is 2. The van der Waals surface area contributed by atoms with Crippen molar-refractivity contribution in [3.8, 4) is 0 Å². The molecule has 2 aromatic rings. The summed E-state index contributed by atoms with van der Waals surface area (Å²) in [6.45, 7) is -0.202. The van der Waals surface area contributed by atoms with Crippen LogP contribution in [-0.4, -0.2) is 53.7 Å². The van der Waals surface area contributed by atoms with Crippen LogP contribution in [0.1, 0.15) is 12.1 Å². The number of pyridine rings is 1. The van der Waals surface area contributed by atoms with Gasteiger partial charge >= 0.3 is 6.03 Å². The molecule has 30 heavy (non-hydrogen) atoms. The molecule has 10 heteroatoms. The van der Waals surface area contributed by atoms with E-state index < -0.39 is 34.3 Å². The van der Waals surface area contributed by atoms with Gasteiger partial charge in [-0.1, -0.05) is 12.1 Å². The summed E-state index contributed by atoms with van der Waals surface area (Å²) >= 11 is 0. The third kappa shape index (κ3) is 2.86. The average molecular weight is 428 g/mol. The molecule has 5 rings (SSSR count). The summed E-state index contributed by atoms with van der Waals surface area (Å²) in [7, 11) is -4.34. The Kier molecular flexibility index (Phi) is 4.14. The number of carbonyl (C=O) groups is 2. The van der Waals surface area contributed by atoms with Gasteiger partial charge in [-0.05, 0) is 42.3 Å². The minimum absolute atomic E-state index is 0.00624. The molecule has 3 heterocycles. The molecule has 2 aliphatic heterocycles. The number of urea groups is 1. The molecular formula is C20H17FN4O4S. The molecule has 1 N–H and O–H groups in total.